The van der Waals surface area contributed by atoms with Crippen molar-refractivity contribution in [1.29, 1.82) is 0 Å². The van der Waals surface area contributed by atoms with Gasteiger partial charge >= 0.3 is 0 Å². The molecule has 6 nitrogen and oxygen atoms in total. The number of hydrogen-bond donors (Lipinski definition) is 1. The molecule has 1 saturated heterocycles. The molecule has 1 aromatic rings. The first-order valence-electron chi connectivity index (χ1n) is 5.90. The van der Waals surface area contributed by atoms with Crippen LogP contribution in [0.3, 0.4) is 0 Å². The first kappa shape index (κ1) is 13.2. The van der Waals surface area contributed by atoms with Gasteiger partial charge < -0.3 is 4.90 Å². The van der Waals surface area contributed by atoms with Gasteiger partial charge in [0.1, 0.15) is 11.4 Å². The van der Waals surface area contributed by atoms with Gasteiger partial charge in [0.05, 0.1) is 6.54 Å². The zero-order valence-electron chi connectivity index (χ0n) is 11.1. The maximum absolute atomic E-state index is 11.9. The van der Waals surface area contributed by atoms with Crippen molar-refractivity contribution in [2.24, 2.45) is 0 Å². The predicted octanol–water partition coefficient (Wildman–Crippen LogP) is 0.444. The molecule has 2 rings (SSSR count). The normalized spacial score (nSPS) is 18.2. The number of hydrogen-bond acceptors (Lipinski definition) is 5. The first-order chi connectivity index (χ1) is 8.86. The Morgan fingerprint density at radius 1 is 1.42 bits per heavy atom. The number of nitrogens with zero attached hydrogens (tertiary/aromatic N) is 2. The van der Waals surface area contributed by atoms with Crippen LogP contribution in [0.25, 0.3) is 0 Å². The molecule has 0 spiro atoms. The standard InChI is InChI=1S/C13H15N3O3/c1-8-4-9(7-17)5-14-11(8)16-6-10(18)15-12(19)13(16,2)3/h4-5,7H,6H2,1-3H3,(H,15,18,19). The third-order valence-electron chi connectivity index (χ3n) is 3.25. The molecular weight excluding hydrogens is 246 g/mol. The maximum Gasteiger partial charge on any atom is 0.251 e. The highest BCUT2D eigenvalue weighted by atomic mass is 16.2. The quantitative estimate of drug-likeness (QED) is 0.617. The zero-order valence-corrected chi connectivity index (χ0v) is 11.1. The number of rotatable bonds is 2. The number of anilines is 1. The highest BCUT2D eigenvalue weighted by Gasteiger charge is 2.42. The lowest BCUT2D eigenvalue weighted by molar-refractivity contribution is -0.135. The Morgan fingerprint density at radius 2 is 2.11 bits per heavy atom. The summed E-state index contributed by atoms with van der Waals surface area (Å²) in [6, 6.07) is 1.68. The lowest BCUT2D eigenvalue weighted by Crippen LogP contribution is -2.64. The van der Waals surface area contributed by atoms with Gasteiger partial charge in [-0.05, 0) is 32.4 Å². The Bertz CT molecular complexity index is 566. The number of amides is 2. The van der Waals surface area contributed by atoms with Gasteiger partial charge in [0.2, 0.25) is 5.91 Å². The Morgan fingerprint density at radius 3 is 2.68 bits per heavy atom. The Labute approximate surface area is 110 Å². The number of aldehydes is 1. The van der Waals surface area contributed by atoms with Gasteiger partial charge in [-0.2, -0.15) is 0 Å². The first-order valence-corrected chi connectivity index (χ1v) is 5.90. The van der Waals surface area contributed by atoms with E-state index in [1.807, 2.05) is 0 Å². The van der Waals surface area contributed by atoms with Gasteiger partial charge in [-0.15, -0.1) is 0 Å². The number of pyridine rings is 1. The highest BCUT2D eigenvalue weighted by Crippen LogP contribution is 2.27. The van der Waals surface area contributed by atoms with Crippen LogP contribution in [0.4, 0.5) is 5.82 Å². The Hall–Kier alpha value is -2.24. The smallest absolute Gasteiger partial charge is 0.251 e. The van der Waals surface area contributed by atoms with E-state index in [0.29, 0.717) is 17.7 Å². The molecule has 19 heavy (non-hydrogen) atoms. The minimum Gasteiger partial charge on any atom is -0.333 e. The monoisotopic (exact) mass is 261 g/mol. The summed E-state index contributed by atoms with van der Waals surface area (Å²) in [7, 11) is 0. The van der Waals surface area contributed by atoms with Crippen LogP contribution in [-0.2, 0) is 9.59 Å². The van der Waals surface area contributed by atoms with Crippen LogP contribution in [-0.4, -0.2) is 35.2 Å². The van der Waals surface area contributed by atoms with Crippen molar-refractivity contribution in [2.45, 2.75) is 26.3 Å². The third kappa shape index (κ3) is 2.21. The number of carbonyl (C=O) groups is 3. The summed E-state index contributed by atoms with van der Waals surface area (Å²) in [6.07, 6.45) is 2.14. The van der Waals surface area contributed by atoms with Gasteiger partial charge in [-0.3, -0.25) is 19.7 Å². The second-order valence-corrected chi connectivity index (χ2v) is 5.05. The summed E-state index contributed by atoms with van der Waals surface area (Å²) in [5.41, 5.74) is 0.348. The predicted molar refractivity (Wildman–Crippen MR) is 68.9 cm³/mol. The second-order valence-electron chi connectivity index (χ2n) is 5.05. The van der Waals surface area contributed by atoms with E-state index < -0.39 is 5.54 Å². The van der Waals surface area contributed by atoms with Gasteiger partial charge in [0.25, 0.3) is 5.91 Å². The molecule has 1 aromatic heterocycles. The summed E-state index contributed by atoms with van der Waals surface area (Å²) in [5.74, 6) is -0.173. The largest absolute Gasteiger partial charge is 0.333 e. The molecule has 100 valence electrons. The highest BCUT2D eigenvalue weighted by molar-refractivity contribution is 6.06. The number of imide groups is 1. The molecular formula is C13H15N3O3. The summed E-state index contributed by atoms with van der Waals surface area (Å²) in [4.78, 5) is 40.0. The molecule has 1 fully saturated rings. The van der Waals surface area contributed by atoms with E-state index in [1.165, 1.54) is 6.20 Å². The molecule has 0 saturated carbocycles. The number of carbonyl (C=O) groups excluding carboxylic acids is 3. The number of nitrogens with one attached hydrogen (secondary N) is 1. The van der Waals surface area contributed by atoms with Crippen LogP contribution in [0.2, 0.25) is 0 Å². The molecule has 0 bridgehead atoms. The Kier molecular flexibility index (Phi) is 3.09. The lowest BCUT2D eigenvalue weighted by Gasteiger charge is -2.41. The molecule has 0 aromatic carbocycles. The average Bonchev–Trinajstić information content (AvgIpc) is 2.34. The molecule has 0 unspecified atom stereocenters. The summed E-state index contributed by atoms with van der Waals surface area (Å²) >= 11 is 0. The fourth-order valence-corrected chi connectivity index (χ4v) is 2.06. The maximum atomic E-state index is 11.9. The van der Waals surface area contributed by atoms with E-state index in [4.69, 9.17) is 0 Å². The molecule has 1 N–H and O–H groups in total. The molecule has 1 aliphatic rings. The number of aromatic nitrogens is 1. The lowest BCUT2D eigenvalue weighted by atomic mass is 9.98. The molecule has 2 amide bonds. The van der Waals surface area contributed by atoms with E-state index in [9.17, 15) is 14.4 Å². The van der Waals surface area contributed by atoms with Crippen molar-refractivity contribution in [3.8, 4) is 0 Å². The summed E-state index contributed by atoms with van der Waals surface area (Å²) < 4.78 is 0. The van der Waals surface area contributed by atoms with Crippen LogP contribution in [0, 0.1) is 6.92 Å². The van der Waals surface area contributed by atoms with Gasteiger partial charge in [0, 0.05) is 11.8 Å². The molecule has 6 heteroatoms. The SMILES string of the molecule is Cc1cc(C=O)cnc1N1CC(=O)NC(=O)C1(C)C. The van der Waals surface area contributed by atoms with Crippen molar-refractivity contribution >= 4 is 23.9 Å². The second kappa shape index (κ2) is 4.46. The van der Waals surface area contributed by atoms with Crippen LogP contribution in [0.5, 0.6) is 0 Å². The van der Waals surface area contributed by atoms with Crippen molar-refractivity contribution in [3.63, 3.8) is 0 Å². The third-order valence-corrected chi connectivity index (χ3v) is 3.25. The van der Waals surface area contributed by atoms with Crippen LogP contribution in [0.15, 0.2) is 12.3 Å². The number of piperazine rings is 1. The minimum atomic E-state index is -0.867. The van der Waals surface area contributed by atoms with E-state index in [-0.39, 0.29) is 18.4 Å². The van der Waals surface area contributed by atoms with Crippen LogP contribution >= 0.6 is 0 Å². The average molecular weight is 261 g/mol. The van der Waals surface area contributed by atoms with Gasteiger partial charge in [-0.1, -0.05) is 0 Å². The van der Waals surface area contributed by atoms with Crippen molar-refractivity contribution in [3.05, 3.63) is 23.4 Å². The van der Waals surface area contributed by atoms with E-state index in [2.05, 4.69) is 10.3 Å². The van der Waals surface area contributed by atoms with Gasteiger partial charge in [0.15, 0.2) is 6.29 Å². The van der Waals surface area contributed by atoms with Crippen molar-refractivity contribution < 1.29 is 14.4 Å². The fraction of sp³-hybridized carbons (Fsp3) is 0.385. The Balaban J connectivity index is 2.47. The molecule has 0 aliphatic carbocycles. The summed E-state index contributed by atoms with van der Waals surface area (Å²) in [5, 5.41) is 2.31. The van der Waals surface area contributed by atoms with Crippen molar-refractivity contribution in [1.82, 2.24) is 10.3 Å². The molecule has 2 heterocycles. The van der Waals surface area contributed by atoms with Crippen molar-refractivity contribution in [2.75, 3.05) is 11.4 Å². The summed E-state index contributed by atoms with van der Waals surface area (Å²) in [6.45, 7) is 5.31. The fourth-order valence-electron chi connectivity index (χ4n) is 2.06. The molecule has 0 radical (unpaired) electrons. The van der Waals surface area contributed by atoms with Crippen LogP contribution < -0.4 is 10.2 Å². The molecule has 1 aliphatic heterocycles. The van der Waals surface area contributed by atoms with E-state index in [1.54, 1.807) is 31.7 Å². The van der Waals surface area contributed by atoms with Gasteiger partial charge in [-0.25, -0.2) is 4.98 Å². The topological polar surface area (TPSA) is 79.4 Å². The van der Waals surface area contributed by atoms with E-state index >= 15 is 0 Å². The minimum absolute atomic E-state index is 0.0625. The zero-order chi connectivity index (χ0) is 14.2. The molecule has 0 atom stereocenters. The van der Waals surface area contributed by atoms with Crippen LogP contribution in [0.1, 0.15) is 29.8 Å². The van der Waals surface area contributed by atoms with E-state index in [0.717, 1.165) is 5.56 Å². The number of aryl methyl sites for hydroxylation is 1.